The highest BCUT2D eigenvalue weighted by Gasteiger charge is 2.29. The third-order valence-corrected chi connectivity index (χ3v) is 5.13. The molecule has 104 valence electrons. The first-order valence-corrected chi connectivity index (χ1v) is 7.95. The first-order valence-electron chi connectivity index (χ1n) is 6.96. The number of ether oxygens (including phenoxy) is 1. The first kappa shape index (κ1) is 13.4. The maximum absolute atomic E-state index is 9.29. The van der Waals surface area contributed by atoms with E-state index in [1.165, 1.54) is 16.2 Å². The molecule has 3 unspecified atom stereocenters. The second kappa shape index (κ2) is 5.83. The van der Waals surface area contributed by atoms with Crippen molar-refractivity contribution in [2.24, 2.45) is 0 Å². The summed E-state index contributed by atoms with van der Waals surface area (Å²) in [6.07, 6.45) is 0.197. The lowest BCUT2D eigenvalue weighted by atomic mass is 10.00. The fourth-order valence-electron chi connectivity index (χ4n) is 3.08. The number of rotatable bonds is 3. The normalized spacial score (nSPS) is 31.4. The Morgan fingerprint density at radius 3 is 3.05 bits per heavy atom. The molecule has 3 rings (SSSR count). The van der Waals surface area contributed by atoms with Crippen LogP contribution < -0.4 is 0 Å². The van der Waals surface area contributed by atoms with Crippen LogP contribution in [0.15, 0.2) is 29.2 Å². The van der Waals surface area contributed by atoms with Crippen LogP contribution in [0.1, 0.15) is 18.4 Å². The van der Waals surface area contributed by atoms with Crippen LogP contribution >= 0.6 is 11.8 Å². The zero-order valence-corrected chi connectivity index (χ0v) is 12.1. The van der Waals surface area contributed by atoms with Crippen molar-refractivity contribution in [1.82, 2.24) is 4.90 Å². The van der Waals surface area contributed by atoms with Gasteiger partial charge >= 0.3 is 0 Å². The van der Waals surface area contributed by atoms with Gasteiger partial charge in [0.2, 0.25) is 0 Å². The molecule has 0 bridgehead atoms. The Morgan fingerprint density at radius 1 is 1.37 bits per heavy atom. The van der Waals surface area contributed by atoms with Crippen LogP contribution in [0.2, 0.25) is 0 Å². The maximum Gasteiger partial charge on any atom is 0.0936 e. The van der Waals surface area contributed by atoms with Gasteiger partial charge in [-0.15, -0.1) is 11.8 Å². The van der Waals surface area contributed by atoms with Crippen molar-refractivity contribution in [3.05, 3.63) is 29.8 Å². The van der Waals surface area contributed by atoms with Crippen molar-refractivity contribution in [1.29, 1.82) is 0 Å². The molecule has 0 aliphatic carbocycles. The number of hydrogen-bond donors (Lipinski definition) is 1. The Morgan fingerprint density at radius 2 is 2.21 bits per heavy atom. The molecule has 0 spiro atoms. The predicted molar refractivity (Wildman–Crippen MR) is 77.8 cm³/mol. The van der Waals surface area contributed by atoms with Gasteiger partial charge in [-0.1, -0.05) is 18.2 Å². The van der Waals surface area contributed by atoms with Crippen molar-refractivity contribution in [3.8, 4) is 0 Å². The second-order valence-corrected chi connectivity index (χ2v) is 6.58. The monoisotopic (exact) mass is 279 g/mol. The van der Waals surface area contributed by atoms with Crippen LogP contribution in [0.3, 0.4) is 0 Å². The molecule has 0 saturated carbocycles. The minimum Gasteiger partial charge on any atom is -0.394 e. The number of aliphatic hydroxyl groups excluding tert-OH is 1. The molecule has 3 nitrogen and oxygen atoms in total. The molecule has 3 atom stereocenters. The maximum atomic E-state index is 9.29. The molecule has 1 aromatic rings. The molecular weight excluding hydrogens is 258 g/mol. The zero-order valence-electron chi connectivity index (χ0n) is 11.3. The molecule has 4 heteroatoms. The van der Waals surface area contributed by atoms with Gasteiger partial charge in [0, 0.05) is 36.2 Å². The van der Waals surface area contributed by atoms with Gasteiger partial charge in [0.25, 0.3) is 0 Å². The molecule has 1 N–H and O–H groups in total. The number of benzene rings is 1. The molecule has 2 aliphatic rings. The fraction of sp³-hybridized carbons (Fsp3) is 0.600. The highest BCUT2D eigenvalue weighted by Crippen LogP contribution is 2.39. The number of aliphatic hydroxyl groups is 1. The lowest BCUT2D eigenvalue weighted by Crippen LogP contribution is -2.49. The Hall–Kier alpha value is -0.550. The summed E-state index contributed by atoms with van der Waals surface area (Å²) in [5.41, 5.74) is 1.49. The summed E-state index contributed by atoms with van der Waals surface area (Å²) in [5.74, 6) is 1.79. The number of fused-ring (bicyclic) bond motifs is 1. The lowest BCUT2D eigenvalue weighted by molar-refractivity contribution is -0.0957. The molecule has 1 aromatic carbocycles. The van der Waals surface area contributed by atoms with E-state index < -0.39 is 0 Å². The van der Waals surface area contributed by atoms with Crippen LogP contribution in [0.25, 0.3) is 0 Å². The topological polar surface area (TPSA) is 32.7 Å². The minimum absolute atomic E-state index is 0.0203. The third kappa shape index (κ3) is 2.97. The molecule has 1 saturated heterocycles. The van der Waals surface area contributed by atoms with Gasteiger partial charge in [-0.2, -0.15) is 0 Å². The number of morpholine rings is 1. The molecule has 2 aliphatic heterocycles. The van der Waals surface area contributed by atoms with E-state index in [0.29, 0.717) is 5.92 Å². The van der Waals surface area contributed by atoms with Crippen LogP contribution in [0.4, 0.5) is 0 Å². The summed E-state index contributed by atoms with van der Waals surface area (Å²) >= 11 is 1.96. The van der Waals surface area contributed by atoms with E-state index in [2.05, 4.69) is 36.1 Å². The highest BCUT2D eigenvalue weighted by atomic mass is 32.2. The molecule has 0 aromatic heterocycles. The van der Waals surface area contributed by atoms with Crippen molar-refractivity contribution in [3.63, 3.8) is 0 Å². The second-order valence-electron chi connectivity index (χ2n) is 5.52. The van der Waals surface area contributed by atoms with E-state index in [9.17, 15) is 5.11 Å². The van der Waals surface area contributed by atoms with Crippen LogP contribution in [-0.2, 0) is 4.74 Å². The van der Waals surface area contributed by atoms with Gasteiger partial charge in [-0.25, -0.2) is 0 Å². The number of nitrogens with zero attached hydrogens (tertiary/aromatic N) is 1. The van der Waals surface area contributed by atoms with Gasteiger partial charge in [-0.3, -0.25) is 4.90 Å². The standard InChI is InChI=1S/C15H21NO2S/c1-11-6-16(8-13(9-17)18-11)7-12-10-19-15-5-3-2-4-14(12)15/h2-5,11-13,17H,6-10H2,1H3. The van der Waals surface area contributed by atoms with Gasteiger partial charge in [0.05, 0.1) is 18.8 Å². The molecule has 0 amide bonds. The van der Waals surface area contributed by atoms with E-state index >= 15 is 0 Å². The van der Waals surface area contributed by atoms with E-state index in [1.807, 2.05) is 11.8 Å². The Kier molecular flexibility index (Phi) is 4.12. The molecule has 19 heavy (non-hydrogen) atoms. The molecule has 0 radical (unpaired) electrons. The van der Waals surface area contributed by atoms with Crippen LogP contribution in [0.5, 0.6) is 0 Å². The summed E-state index contributed by atoms with van der Waals surface area (Å²) in [6.45, 7) is 5.11. The molecule has 2 heterocycles. The largest absolute Gasteiger partial charge is 0.394 e. The quantitative estimate of drug-likeness (QED) is 0.917. The van der Waals surface area contributed by atoms with Gasteiger partial charge in [0.15, 0.2) is 0 Å². The van der Waals surface area contributed by atoms with Crippen molar-refractivity contribution in [2.75, 3.05) is 32.0 Å². The SMILES string of the molecule is CC1CN(CC2CSc3ccccc32)CC(CO)O1. The van der Waals surface area contributed by atoms with Crippen LogP contribution in [0, 0.1) is 0 Å². The number of thioether (sulfide) groups is 1. The molecule has 1 fully saturated rings. The van der Waals surface area contributed by atoms with Gasteiger partial charge < -0.3 is 9.84 Å². The average Bonchev–Trinajstić information content (AvgIpc) is 2.82. The van der Waals surface area contributed by atoms with E-state index in [4.69, 9.17) is 4.74 Å². The van der Waals surface area contributed by atoms with Gasteiger partial charge in [0.1, 0.15) is 0 Å². The summed E-state index contributed by atoms with van der Waals surface area (Å²) in [4.78, 5) is 3.88. The van der Waals surface area contributed by atoms with Crippen molar-refractivity contribution in [2.45, 2.75) is 29.9 Å². The van der Waals surface area contributed by atoms with E-state index in [-0.39, 0.29) is 18.8 Å². The smallest absolute Gasteiger partial charge is 0.0936 e. The van der Waals surface area contributed by atoms with E-state index in [1.54, 1.807) is 0 Å². The summed E-state index contributed by atoms with van der Waals surface area (Å²) in [7, 11) is 0. The third-order valence-electron chi connectivity index (χ3n) is 3.88. The van der Waals surface area contributed by atoms with E-state index in [0.717, 1.165) is 19.6 Å². The highest BCUT2D eigenvalue weighted by molar-refractivity contribution is 7.99. The Bertz CT molecular complexity index is 440. The van der Waals surface area contributed by atoms with Gasteiger partial charge in [-0.05, 0) is 18.6 Å². The molecular formula is C15H21NO2S. The van der Waals surface area contributed by atoms with Crippen molar-refractivity contribution >= 4 is 11.8 Å². The number of hydrogen-bond acceptors (Lipinski definition) is 4. The van der Waals surface area contributed by atoms with Crippen molar-refractivity contribution < 1.29 is 9.84 Å². The zero-order chi connectivity index (χ0) is 13.2. The Balaban J connectivity index is 1.66. The fourth-order valence-corrected chi connectivity index (χ4v) is 4.32. The summed E-state index contributed by atoms with van der Waals surface area (Å²) < 4.78 is 5.70. The van der Waals surface area contributed by atoms with Crippen LogP contribution in [-0.4, -0.2) is 54.2 Å². The summed E-state index contributed by atoms with van der Waals surface area (Å²) in [6, 6.07) is 8.73. The lowest BCUT2D eigenvalue weighted by Gasteiger charge is -2.37. The predicted octanol–water partition coefficient (Wildman–Crippen LogP) is 1.96. The average molecular weight is 279 g/mol. The summed E-state index contributed by atoms with van der Waals surface area (Å²) in [5, 5.41) is 9.29. The Labute approximate surface area is 118 Å². The first-order chi connectivity index (χ1) is 9.26. The minimum atomic E-state index is -0.0203.